The van der Waals surface area contributed by atoms with E-state index >= 15 is 0 Å². The molecule has 0 radical (unpaired) electrons. The molecule has 0 aromatic heterocycles. The van der Waals surface area contributed by atoms with E-state index in [4.69, 9.17) is 10.8 Å². The van der Waals surface area contributed by atoms with E-state index in [1.165, 1.54) is 4.90 Å². The van der Waals surface area contributed by atoms with Gasteiger partial charge in [0.1, 0.15) is 6.54 Å². The first-order chi connectivity index (χ1) is 10.0. The van der Waals surface area contributed by atoms with Gasteiger partial charge in [-0.15, -0.1) is 0 Å². The van der Waals surface area contributed by atoms with Gasteiger partial charge in [0.2, 0.25) is 5.91 Å². The van der Waals surface area contributed by atoms with E-state index in [2.05, 4.69) is 5.32 Å². The van der Waals surface area contributed by atoms with Crippen LogP contribution in [0.2, 0.25) is 0 Å². The molecule has 0 fully saturated rings. The first kappa shape index (κ1) is 16.5. The highest BCUT2D eigenvalue weighted by Crippen LogP contribution is 2.15. The highest BCUT2D eigenvalue weighted by Gasteiger charge is 2.17. The van der Waals surface area contributed by atoms with Gasteiger partial charge in [0, 0.05) is 18.7 Å². The third-order valence-electron chi connectivity index (χ3n) is 2.78. The molecular weight excluding hydrogens is 274 g/mol. The van der Waals surface area contributed by atoms with Crippen molar-refractivity contribution in [3.8, 4) is 0 Å². The number of nitrogens with one attached hydrogen (secondary N) is 1. The fourth-order valence-electron chi connectivity index (χ4n) is 1.81. The Morgan fingerprint density at radius 1 is 1.14 bits per heavy atom. The summed E-state index contributed by atoms with van der Waals surface area (Å²) in [5.74, 6) is -1.33. The topological polar surface area (TPSA) is 113 Å². The number of para-hydroxylation sites is 1. The Hall–Kier alpha value is -2.57. The maximum absolute atomic E-state index is 12.1. The summed E-state index contributed by atoms with van der Waals surface area (Å²) in [6.45, 7) is 0.0231. The van der Waals surface area contributed by atoms with Gasteiger partial charge in [0.05, 0.1) is 0 Å². The maximum atomic E-state index is 12.1. The van der Waals surface area contributed by atoms with Crippen molar-refractivity contribution in [3.05, 3.63) is 30.3 Å². The molecule has 7 nitrogen and oxygen atoms in total. The lowest BCUT2D eigenvalue weighted by Gasteiger charge is -2.20. The third kappa shape index (κ3) is 6.42. The van der Waals surface area contributed by atoms with Crippen molar-refractivity contribution in [1.82, 2.24) is 5.32 Å². The molecule has 7 heteroatoms. The minimum Gasteiger partial charge on any atom is -0.480 e. The summed E-state index contributed by atoms with van der Waals surface area (Å²) >= 11 is 0. The van der Waals surface area contributed by atoms with E-state index in [0.717, 1.165) is 0 Å². The fraction of sp³-hybridized carbons (Fsp3) is 0.357. The molecule has 0 spiro atoms. The number of urea groups is 1. The first-order valence-corrected chi connectivity index (χ1v) is 6.61. The number of nitrogens with zero attached hydrogens (tertiary/aromatic N) is 1. The van der Waals surface area contributed by atoms with E-state index in [-0.39, 0.29) is 18.9 Å². The summed E-state index contributed by atoms with van der Waals surface area (Å²) < 4.78 is 0. The van der Waals surface area contributed by atoms with Gasteiger partial charge in [-0.2, -0.15) is 0 Å². The normalized spacial score (nSPS) is 9.90. The van der Waals surface area contributed by atoms with Gasteiger partial charge in [-0.1, -0.05) is 18.2 Å². The molecule has 3 amide bonds. The maximum Gasteiger partial charge on any atom is 0.323 e. The van der Waals surface area contributed by atoms with Crippen LogP contribution in [0, 0.1) is 0 Å². The number of carbonyl (C=O) groups excluding carboxylic acids is 2. The van der Waals surface area contributed by atoms with Crippen molar-refractivity contribution in [1.29, 1.82) is 0 Å². The second-order valence-corrected chi connectivity index (χ2v) is 4.46. The van der Waals surface area contributed by atoms with E-state index in [1.807, 2.05) is 0 Å². The van der Waals surface area contributed by atoms with E-state index < -0.39 is 12.0 Å². The van der Waals surface area contributed by atoms with Crippen molar-refractivity contribution in [2.24, 2.45) is 5.73 Å². The Morgan fingerprint density at radius 3 is 2.38 bits per heavy atom. The number of primary amides is 1. The molecule has 4 N–H and O–H groups in total. The van der Waals surface area contributed by atoms with Crippen LogP contribution in [-0.4, -0.2) is 36.1 Å². The molecule has 1 rings (SSSR count). The van der Waals surface area contributed by atoms with Gasteiger partial charge in [-0.3, -0.25) is 9.59 Å². The lowest BCUT2D eigenvalue weighted by molar-refractivity contribution is -0.136. The van der Waals surface area contributed by atoms with Gasteiger partial charge in [-0.05, 0) is 25.0 Å². The summed E-state index contributed by atoms with van der Waals surface area (Å²) in [6, 6.07) is 8.06. The number of anilines is 1. The molecule has 0 bridgehead atoms. The zero-order valence-corrected chi connectivity index (χ0v) is 11.6. The van der Waals surface area contributed by atoms with E-state index in [1.54, 1.807) is 30.3 Å². The minimum atomic E-state index is -1.07. The van der Waals surface area contributed by atoms with Crippen LogP contribution in [0.25, 0.3) is 0 Å². The fourth-order valence-corrected chi connectivity index (χ4v) is 1.81. The van der Waals surface area contributed by atoms with Crippen molar-refractivity contribution >= 4 is 23.6 Å². The predicted molar refractivity (Wildman–Crippen MR) is 77.9 cm³/mol. The summed E-state index contributed by atoms with van der Waals surface area (Å²) in [4.78, 5) is 34.7. The number of carboxylic acid groups (broad SMARTS) is 1. The lowest BCUT2D eigenvalue weighted by atomic mass is 10.2. The van der Waals surface area contributed by atoms with Crippen LogP contribution in [0.1, 0.15) is 19.3 Å². The van der Waals surface area contributed by atoms with Crippen LogP contribution in [0.4, 0.5) is 10.5 Å². The molecule has 0 aliphatic heterocycles. The van der Waals surface area contributed by atoms with Gasteiger partial charge >= 0.3 is 12.0 Å². The summed E-state index contributed by atoms with van der Waals surface area (Å²) in [5, 5.41) is 11.3. The SMILES string of the molecule is NC(=O)NCCCCC(=O)N(CC(=O)O)c1ccccc1. The number of hydrogen-bond donors (Lipinski definition) is 3. The largest absolute Gasteiger partial charge is 0.480 e. The number of hydrogen-bond acceptors (Lipinski definition) is 3. The van der Waals surface area contributed by atoms with Crippen LogP contribution in [-0.2, 0) is 9.59 Å². The molecule has 0 saturated heterocycles. The molecule has 0 aliphatic rings. The van der Waals surface area contributed by atoms with Crippen molar-refractivity contribution in [3.63, 3.8) is 0 Å². The highest BCUT2D eigenvalue weighted by atomic mass is 16.4. The summed E-state index contributed by atoms with van der Waals surface area (Å²) in [7, 11) is 0. The average molecular weight is 293 g/mol. The molecule has 114 valence electrons. The molecule has 0 aliphatic carbocycles. The molecular formula is C14H19N3O4. The second-order valence-electron chi connectivity index (χ2n) is 4.46. The second kappa shape index (κ2) is 8.57. The van der Waals surface area contributed by atoms with Crippen LogP contribution in [0.15, 0.2) is 30.3 Å². The smallest absolute Gasteiger partial charge is 0.323 e. The quantitative estimate of drug-likeness (QED) is 0.619. The van der Waals surface area contributed by atoms with Crippen LogP contribution >= 0.6 is 0 Å². The molecule has 21 heavy (non-hydrogen) atoms. The Labute approximate surface area is 122 Å². The van der Waals surface area contributed by atoms with Crippen LogP contribution in [0.3, 0.4) is 0 Å². The monoisotopic (exact) mass is 293 g/mol. The van der Waals surface area contributed by atoms with Gasteiger partial charge < -0.3 is 21.1 Å². The van der Waals surface area contributed by atoms with Crippen LogP contribution in [0.5, 0.6) is 0 Å². The lowest BCUT2D eigenvalue weighted by Crippen LogP contribution is -2.35. The van der Waals surface area contributed by atoms with Crippen molar-refractivity contribution < 1.29 is 19.5 Å². The zero-order valence-electron chi connectivity index (χ0n) is 11.6. The Bertz CT molecular complexity index is 490. The van der Waals surface area contributed by atoms with E-state index in [9.17, 15) is 14.4 Å². The van der Waals surface area contributed by atoms with Crippen molar-refractivity contribution in [2.75, 3.05) is 18.0 Å². The first-order valence-electron chi connectivity index (χ1n) is 6.61. The summed E-state index contributed by atoms with van der Waals surface area (Å²) in [6.07, 6.45) is 1.36. The average Bonchev–Trinajstić information content (AvgIpc) is 2.44. The number of carbonyl (C=O) groups is 3. The number of nitrogens with two attached hydrogens (primary N) is 1. The Balaban J connectivity index is 2.52. The number of carboxylic acids is 1. The standard InChI is InChI=1S/C14H19N3O4/c15-14(21)16-9-5-4-8-12(18)17(10-13(19)20)11-6-2-1-3-7-11/h1-3,6-7H,4-5,8-10H2,(H,19,20)(H3,15,16,21). The van der Waals surface area contributed by atoms with Gasteiger partial charge in [0.25, 0.3) is 0 Å². The Kier molecular flexibility index (Phi) is 6.73. The van der Waals surface area contributed by atoms with Crippen LogP contribution < -0.4 is 16.0 Å². The number of amides is 3. The highest BCUT2D eigenvalue weighted by molar-refractivity contribution is 5.97. The number of unbranched alkanes of at least 4 members (excludes halogenated alkanes) is 1. The van der Waals surface area contributed by atoms with Crippen molar-refractivity contribution in [2.45, 2.75) is 19.3 Å². The number of rotatable bonds is 8. The molecule has 0 saturated carbocycles. The molecule has 0 heterocycles. The molecule has 0 unspecified atom stereocenters. The third-order valence-corrected chi connectivity index (χ3v) is 2.78. The number of aliphatic carboxylic acids is 1. The van der Waals surface area contributed by atoms with Gasteiger partial charge in [-0.25, -0.2) is 4.79 Å². The van der Waals surface area contributed by atoms with E-state index in [0.29, 0.717) is 25.1 Å². The Morgan fingerprint density at radius 2 is 1.81 bits per heavy atom. The molecule has 1 aromatic rings. The number of benzene rings is 1. The molecule has 0 atom stereocenters. The summed E-state index contributed by atoms with van der Waals surface area (Å²) in [5.41, 5.74) is 5.48. The molecule has 1 aromatic carbocycles. The zero-order chi connectivity index (χ0) is 15.7. The minimum absolute atomic E-state index is 0.211. The predicted octanol–water partition coefficient (Wildman–Crippen LogP) is 0.943. The van der Waals surface area contributed by atoms with Gasteiger partial charge in [0.15, 0.2) is 0 Å².